The van der Waals surface area contributed by atoms with Crippen molar-refractivity contribution >= 4 is 5.95 Å². The molecule has 1 saturated heterocycles. The third kappa shape index (κ3) is 3.95. The molecule has 1 aromatic heterocycles. The minimum atomic E-state index is 0.679. The van der Waals surface area contributed by atoms with Crippen molar-refractivity contribution in [2.45, 2.75) is 39.7 Å². The molecule has 0 unspecified atom stereocenters. The first-order chi connectivity index (χ1) is 8.75. The molecule has 0 aromatic carbocycles. The molecule has 4 nitrogen and oxygen atoms in total. The molecule has 0 spiro atoms. The molecule has 2 heterocycles. The summed E-state index contributed by atoms with van der Waals surface area (Å²) in [4.78, 5) is 11.2. The summed E-state index contributed by atoms with van der Waals surface area (Å²) in [5.41, 5.74) is 1.16. The van der Waals surface area contributed by atoms with E-state index in [0.29, 0.717) is 5.92 Å². The fraction of sp³-hybridized carbons (Fsp3) is 0.714. The highest BCUT2D eigenvalue weighted by Crippen LogP contribution is 2.14. The van der Waals surface area contributed by atoms with E-state index >= 15 is 0 Å². The molecule has 0 aliphatic carbocycles. The van der Waals surface area contributed by atoms with Crippen LogP contribution >= 0.6 is 0 Å². The lowest BCUT2D eigenvalue weighted by Gasteiger charge is -2.26. The molecule has 1 aromatic rings. The monoisotopic (exact) mass is 248 g/mol. The lowest BCUT2D eigenvalue weighted by molar-refractivity contribution is 0.549. The van der Waals surface area contributed by atoms with Crippen LogP contribution in [0, 0.1) is 5.92 Å². The maximum atomic E-state index is 4.47. The van der Waals surface area contributed by atoms with E-state index in [1.807, 2.05) is 12.4 Å². The van der Waals surface area contributed by atoms with Crippen LogP contribution in [0.1, 0.15) is 38.7 Å². The normalized spacial score (nSPS) is 16.3. The Balaban J connectivity index is 1.84. The van der Waals surface area contributed by atoms with E-state index in [9.17, 15) is 0 Å². The van der Waals surface area contributed by atoms with Crippen molar-refractivity contribution in [1.29, 1.82) is 0 Å². The van der Waals surface area contributed by atoms with Gasteiger partial charge in [-0.05, 0) is 31.7 Å². The van der Waals surface area contributed by atoms with Gasteiger partial charge < -0.3 is 10.2 Å². The summed E-state index contributed by atoms with van der Waals surface area (Å²) < 4.78 is 0. The van der Waals surface area contributed by atoms with Crippen molar-refractivity contribution in [2.75, 3.05) is 24.5 Å². The Hall–Kier alpha value is -1.16. The largest absolute Gasteiger partial charge is 0.341 e. The van der Waals surface area contributed by atoms with Gasteiger partial charge >= 0.3 is 0 Å². The van der Waals surface area contributed by atoms with Crippen molar-refractivity contribution in [3.63, 3.8) is 0 Å². The lowest BCUT2D eigenvalue weighted by Crippen LogP contribution is -2.31. The Kier molecular flexibility index (Phi) is 4.93. The molecule has 4 heteroatoms. The van der Waals surface area contributed by atoms with Gasteiger partial charge in [0.25, 0.3) is 0 Å². The summed E-state index contributed by atoms with van der Waals surface area (Å²) in [5.74, 6) is 1.57. The van der Waals surface area contributed by atoms with Gasteiger partial charge in [-0.25, -0.2) is 9.97 Å². The number of rotatable bonds is 5. The van der Waals surface area contributed by atoms with E-state index in [2.05, 4.69) is 34.0 Å². The molecular weight excluding hydrogens is 224 g/mol. The molecule has 0 atom stereocenters. The first-order valence-electron chi connectivity index (χ1n) is 7.02. The van der Waals surface area contributed by atoms with Gasteiger partial charge in [-0.15, -0.1) is 0 Å². The number of nitrogens with one attached hydrogen (secondary N) is 1. The fourth-order valence-corrected chi connectivity index (χ4v) is 2.20. The quantitative estimate of drug-likeness (QED) is 0.867. The maximum Gasteiger partial charge on any atom is 0.225 e. The zero-order chi connectivity index (χ0) is 12.8. The third-order valence-electron chi connectivity index (χ3n) is 3.21. The van der Waals surface area contributed by atoms with E-state index in [-0.39, 0.29) is 0 Å². The number of hydrogen-bond acceptors (Lipinski definition) is 4. The Morgan fingerprint density at radius 2 is 1.83 bits per heavy atom. The van der Waals surface area contributed by atoms with Gasteiger partial charge in [-0.2, -0.15) is 0 Å². The number of anilines is 1. The van der Waals surface area contributed by atoms with Gasteiger partial charge in [-0.3, -0.25) is 0 Å². The lowest BCUT2D eigenvalue weighted by atomic mass is 10.1. The summed E-state index contributed by atoms with van der Waals surface area (Å²) >= 11 is 0. The smallest absolute Gasteiger partial charge is 0.225 e. The van der Waals surface area contributed by atoms with Crippen LogP contribution < -0.4 is 10.2 Å². The number of nitrogens with zero attached hydrogens (tertiary/aromatic N) is 3. The summed E-state index contributed by atoms with van der Waals surface area (Å²) in [6.45, 7) is 8.52. The van der Waals surface area contributed by atoms with Crippen molar-refractivity contribution in [2.24, 2.45) is 5.92 Å². The van der Waals surface area contributed by atoms with Crippen molar-refractivity contribution < 1.29 is 0 Å². The predicted octanol–water partition coefficient (Wildman–Crippen LogP) is 2.21. The van der Waals surface area contributed by atoms with Crippen LogP contribution in [0.4, 0.5) is 5.95 Å². The van der Waals surface area contributed by atoms with E-state index in [1.165, 1.54) is 19.3 Å². The van der Waals surface area contributed by atoms with Crippen molar-refractivity contribution in [3.8, 4) is 0 Å². The van der Waals surface area contributed by atoms with Gasteiger partial charge in [0.15, 0.2) is 0 Å². The second-order valence-corrected chi connectivity index (χ2v) is 5.46. The van der Waals surface area contributed by atoms with Gasteiger partial charge in [0.1, 0.15) is 0 Å². The second-order valence-electron chi connectivity index (χ2n) is 5.46. The highest BCUT2D eigenvalue weighted by Gasteiger charge is 2.12. The molecular formula is C14H24N4. The van der Waals surface area contributed by atoms with Crippen LogP contribution in [0.3, 0.4) is 0 Å². The number of piperidine rings is 1. The molecule has 100 valence electrons. The molecule has 18 heavy (non-hydrogen) atoms. The summed E-state index contributed by atoms with van der Waals surface area (Å²) in [5, 5.41) is 3.41. The molecule has 1 fully saturated rings. The SMILES string of the molecule is CC(C)CNCc1cnc(N2CCCCC2)nc1. The molecule has 0 saturated carbocycles. The molecule has 1 aliphatic rings. The summed E-state index contributed by atoms with van der Waals surface area (Å²) in [6.07, 6.45) is 7.77. The second kappa shape index (κ2) is 6.69. The summed E-state index contributed by atoms with van der Waals surface area (Å²) in [6, 6.07) is 0. The molecule has 0 radical (unpaired) electrons. The van der Waals surface area contributed by atoms with Crippen LogP contribution in [0.15, 0.2) is 12.4 Å². The highest BCUT2D eigenvalue weighted by molar-refractivity contribution is 5.30. The predicted molar refractivity (Wildman–Crippen MR) is 74.6 cm³/mol. The Bertz CT molecular complexity index is 341. The first kappa shape index (κ1) is 13.3. The van der Waals surface area contributed by atoms with Gasteiger partial charge in [0.05, 0.1) is 0 Å². The minimum Gasteiger partial charge on any atom is -0.341 e. The van der Waals surface area contributed by atoms with Crippen LogP contribution in [0.25, 0.3) is 0 Å². The number of aromatic nitrogens is 2. The third-order valence-corrected chi connectivity index (χ3v) is 3.21. The average molecular weight is 248 g/mol. The van der Waals surface area contributed by atoms with Crippen molar-refractivity contribution in [3.05, 3.63) is 18.0 Å². The standard InChI is InChI=1S/C14H24N4/c1-12(2)8-15-9-13-10-16-14(17-11-13)18-6-4-3-5-7-18/h10-12,15H,3-9H2,1-2H3. The number of hydrogen-bond donors (Lipinski definition) is 1. The van der Waals surface area contributed by atoms with Crippen LogP contribution in [-0.4, -0.2) is 29.6 Å². The van der Waals surface area contributed by atoms with Gasteiger partial charge in [0, 0.05) is 37.6 Å². The topological polar surface area (TPSA) is 41.1 Å². The highest BCUT2D eigenvalue weighted by atomic mass is 15.2. The van der Waals surface area contributed by atoms with E-state index in [4.69, 9.17) is 0 Å². The van der Waals surface area contributed by atoms with E-state index < -0.39 is 0 Å². The van der Waals surface area contributed by atoms with Crippen LogP contribution in [0.2, 0.25) is 0 Å². The molecule has 0 amide bonds. The van der Waals surface area contributed by atoms with Crippen molar-refractivity contribution in [1.82, 2.24) is 15.3 Å². The zero-order valence-corrected chi connectivity index (χ0v) is 11.5. The molecule has 2 rings (SSSR count). The van der Waals surface area contributed by atoms with Gasteiger partial charge in [0.2, 0.25) is 5.95 Å². The molecule has 1 N–H and O–H groups in total. The summed E-state index contributed by atoms with van der Waals surface area (Å²) in [7, 11) is 0. The van der Waals surface area contributed by atoms with E-state index in [0.717, 1.165) is 37.7 Å². The van der Waals surface area contributed by atoms with Crippen LogP contribution in [0.5, 0.6) is 0 Å². The zero-order valence-electron chi connectivity index (χ0n) is 11.5. The maximum absolute atomic E-state index is 4.47. The molecule has 0 bridgehead atoms. The Labute approximate surface area is 110 Å². The first-order valence-corrected chi connectivity index (χ1v) is 7.02. The molecule has 1 aliphatic heterocycles. The van der Waals surface area contributed by atoms with E-state index in [1.54, 1.807) is 0 Å². The van der Waals surface area contributed by atoms with Gasteiger partial charge in [-0.1, -0.05) is 13.8 Å². The minimum absolute atomic E-state index is 0.679. The van der Waals surface area contributed by atoms with Crippen LogP contribution in [-0.2, 0) is 6.54 Å². The average Bonchev–Trinajstić information content (AvgIpc) is 2.40. The Morgan fingerprint density at radius 3 is 2.44 bits per heavy atom. The fourth-order valence-electron chi connectivity index (χ4n) is 2.20. The Morgan fingerprint density at radius 1 is 1.17 bits per heavy atom.